The van der Waals surface area contributed by atoms with Crippen molar-refractivity contribution in [3.63, 3.8) is 0 Å². The molecule has 0 radical (unpaired) electrons. The van der Waals surface area contributed by atoms with Crippen LogP contribution in [0.1, 0.15) is 40.9 Å². The molecular formula is C24H25FN2O3S. The number of hydrogen-bond acceptors (Lipinski definition) is 3. The van der Waals surface area contributed by atoms with Crippen LogP contribution in [0.3, 0.4) is 0 Å². The molecule has 1 atom stereocenters. The lowest BCUT2D eigenvalue weighted by atomic mass is 9.99. The van der Waals surface area contributed by atoms with Crippen LogP contribution in [0.2, 0.25) is 0 Å². The number of amides is 1. The Morgan fingerprint density at radius 2 is 1.71 bits per heavy atom. The number of halogens is 1. The average Bonchev–Trinajstić information content (AvgIpc) is 2.78. The number of nitrogens with zero attached hydrogens (tertiary/aromatic N) is 1. The minimum atomic E-state index is -3.92. The van der Waals surface area contributed by atoms with Gasteiger partial charge in [0.2, 0.25) is 0 Å². The van der Waals surface area contributed by atoms with Crippen LogP contribution in [-0.2, 0) is 10.0 Å². The molecule has 1 amide bonds. The number of benzene rings is 3. The summed E-state index contributed by atoms with van der Waals surface area (Å²) >= 11 is 0. The maximum Gasteiger partial charge on any atom is 0.264 e. The molecule has 0 aliphatic heterocycles. The number of aryl methyl sites for hydroxylation is 1. The number of sulfonamides is 1. The van der Waals surface area contributed by atoms with Crippen molar-refractivity contribution < 1.29 is 17.6 Å². The molecule has 7 heteroatoms. The fourth-order valence-corrected chi connectivity index (χ4v) is 4.61. The van der Waals surface area contributed by atoms with E-state index in [4.69, 9.17) is 0 Å². The van der Waals surface area contributed by atoms with Gasteiger partial charge in [0.15, 0.2) is 0 Å². The highest BCUT2D eigenvalue weighted by Gasteiger charge is 2.23. The zero-order chi connectivity index (χ0) is 22.6. The summed E-state index contributed by atoms with van der Waals surface area (Å²) in [5, 5.41) is 3.00. The number of rotatable bonds is 7. The Balaban J connectivity index is 1.85. The highest BCUT2D eigenvalue weighted by molar-refractivity contribution is 7.92. The molecule has 0 bridgehead atoms. The molecule has 0 saturated heterocycles. The summed E-state index contributed by atoms with van der Waals surface area (Å²) in [7, 11) is -2.53. The second-order valence-electron chi connectivity index (χ2n) is 7.27. The topological polar surface area (TPSA) is 66.5 Å². The molecule has 31 heavy (non-hydrogen) atoms. The van der Waals surface area contributed by atoms with Crippen molar-refractivity contribution in [2.24, 2.45) is 0 Å². The highest BCUT2D eigenvalue weighted by Crippen LogP contribution is 2.24. The van der Waals surface area contributed by atoms with Gasteiger partial charge in [-0.05, 0) is 66.9 Å². The molecule has 1 N–H and O–H groups in total. The van der Waals surface area contributed by atoms with Gasteiger partial charge in [-0.2, -0.15) is 0 Å². The van der Waals surface area contributed by atoms with E-state index in [-0.39, 0.29) is 22.4 Å². The normalized spacial score (nSPS) is 12.3. The molecule has 162 valence electrons. The van der Waals surface area contributed by atoms with E-state index in [0.29, 0.717) is 12.1 Å². The molecule has 3 aromatic rings. The fraction of sp³-hybridized carbons (Fsp3) is 0.208. The van der Waals surface area contributed by atoms with Crippen LogP contribution in [0.25, 0.3) is 0 Å². The first-order valence-corrected chi connectivity index (χ1v) is 11.4. The van der Waals surface area contributed by atoms with Crippen LogP contribution in [0.4, 0.5) is 10.1 Å². The Kier molecular flexibility index (Phi) is 6.75. The van der Waals surface area contributed by atoms with E-state index in [1.807, 2.05) is 38.1 Å². The standard InChI is InChI=1S/C24H25FN2O3S/c1-4-23(22-11-6-5-8-17(22)2)26-24(28)18-9-7-10-21(16-18)31(29,30)27(3)20-14-12-19(25)13-15-20/h5-16,23H,4H2,1-3H3,(H,26,28)/t23-/m0/s1. The largest absolute Gasteiger partial charge is 0.345 e. The van der Waals surface area contributed by atoms with E-state index in [9.17, 15) is 17.6 Å². The molecule has 3 aromatic carbocycles. The molecule has 0 saturated carbocycles. The predicted molar refractivity (Wildman–Crippen MR) is 120 cm³/mol. The first-order chi connectivity index (χ1) is 14.7. The van der Waals surface area contributed by atoms with Crippen LogP contribution in [0, 0.1) is 12.7 Å². The number of carbonyl (C=O) groups excluding carboxylic acids is 1. The second-order valence-corrected chi connectivity index (χ2v) is 9.24. The third kappa shape index (κ3) is 4.94. The first kappa shape index (κ1) is 22.5. The van der Waals surface area contributed by atoms with E-state index in [1.165, 1.54) is 49.5 Å². The molecule has 0 unspecified atom stereocenters. The molecule has 3 rings (SSSR count). The van der Waals surface area contributed by atoms with Crippen molar-refractivity contribution in [1.29, 1.82) is 0 Å². The first-order valence-electron chi connectivity index (χ1n) is 9.95. The van der Waals surface area contributed by atoms with Crippen molar-refractivity contribution in [3.8, 4) is 0 Å². The Morgan fingerprint density at radius 1 is 1.03 bits per heavy atom. The van der Waals surface area contributed by atoms with Gasteiger partial charge in [0, 0.05) is 12.6 Å². The maximum atomic E-state index is 13.2. The van der Waals surface area contributed by atoms with E-state index < -0.39 is 15.8 Å². The van der Waals surface area contributed by atoms with Gasteiger partial charge in [0.1, 0.15) is 5.82 Å². The molecule has 0 aromatic heterocycles. The van der Waals surface area contributed by atoms with Gasteiger partial charge in [-0.1, -0.05) is 37.3 Å². The number of hydrogen-bond donors (Lipinski definition) is 1. The van der Waals surface area contributed by atoms with Crippen molar-refractivity contribution in [1.82, 2.24) is 5.32 Å². The van der Waals surface area contributed by atoms with E-state index in [2.05, 4.69) is 5.32 Å². The minimum absolute atomic E-state index is 0.0177. The van der Waals surface area contributed by atoms with Crippen molar-refractivity contribution in [2.45, 2.75) is 31.2 Å². The summed E-state index contributed by atoms with van der Waals surface area (Å²) in [6, 6.07) is 18.7. The molecular weight excluding hydrogens is 415 g/mol. The van der Waals surface area contributed by atoms with Gasteiger partial charge >= 0.3 is 0 Å². The third-order valence-corrected chi connectivity index (χ3v) is 7.00. The minimum Gasteiger partial charge on any atom is -0.345 e. The zero-order valence-electron chi connectivity index (χ0n) is 17.7. The quantitative estimate of drug-likeness (QED) is 0.572. The monoisotopic (exact) mass is 440 g/mol. The van der Waals surface area contributed by atoms with Gasteiger partial charge in [0.25, 0.3) is 15.9 Å². The van der Waals surface area contributed by atoms with Crippen LogP contribution in [0.15, 0.2) is 77.7 Å². The summed E-state index contributed by atoms with van der Waals surface area (Å²) in [5.41, 5.74) is 2.67. The summed E-state index contributed by atoms with van der Waals surface area (Å²) in [6.45, 7) is 3.97. The smallest absolute Gasteiger partial charge is 0.264 e. The zero-order valence-corrected chi connectivity index (χ0v) is 18.5. The van der Waals surface area contributed by atoms with Gasteiger partial charge in [-0.3, -0.25) is 9.10 Å². The lowest BCUT2D eigenvalue weighted by Crippen LogP contribution is -2.29. The average molecular weight is 441 g/mol. The Morgan fingerprint density at radius 3 is 2.35 bits per heavy atom. The fourth-order valence-electron chi connectivity index (χ4n) is 3.36. The SMILES string of the molecule is CC[C@H](NC(=O)c1cccc(S(=O)(=O)N(C)c2ccc(F)cc2)c1)c1ccccc1C. The van der Waals surface area contributed by atoms with Gasteiger partial charge in [-0.25, -0.2) is 12.8 Å². The summed E-state index contributed by atoms with van der Waals surface area (Å²) in [4.78, 5) is 12.9. The van der Waals surface area contributed by atoms with E-state index in [0.717, 1.165) is 15.4 Å². The van der Waals surface area contributed by atoms with E-state index in [1.54, 1.807) is 6.07 Å². The molecule has 0 heterocycles. The number of nitrogens with one attached hydrogen (secondary N) is 1. The highest BCUT2D eigenvalue weighted by atomic mass is 32.2. The molecule has 5 nitrogen and oxygen atoms in total. The number of anilines is 1. The van der Waals surface area contributed by atoms with E-state index >= 15 is 0 Å². The maximum absolute atomic E-state index is 13.2. The van der Waals surface area contributed by atoms with Crippen LogP contribution in [-0.4, -0.2) is 21.4 Å². The van der Waals surface area contributed by atoms with Gasteiger partial charge < -0.3 is 5.32 Å². The summed E-state index contributed by atoms with van der Waals surface area (Å²) in [5.74, 6) is -0.802. The van der Waals surface area contributed by atoms with Crippen LogP contribution >= 0.6 is 0 Å². The molecule has 0 aliphatic carbocycles. The van der Waals surface area contributed by atoms with Crippen molar-refractivity contribution >= 4 is 21.6 Å². The van der Waals surface area contributed by atoms with Crippen LogP contribution in [0.5, 0.6) is 0 Å². The van der Waals surface area contributed by atoms with Crippen LogP contribution < -0.4 is 9.62 Å². The van der Waals surface area contributed by atoms with Gasteiger partial charge in [-0.15, -0.1) is 0 Å². The van der Waals surface area contributed by atoms with Crippen molar-refractivity contribution in [2.75, 3.05) is 11.4 Å². The number of carbonyl (C=O) groups is 1. The molecule has 0 fully saturated rings. The Bertz CT molecular complexity index is 1180. The Hall–Kier alpha value is -3.19. The molecule has 0 spiro atoms. The Labute approximate surface area is 182 Å². The predicted octanol–water partition coefficient (Wildman–Crippen LogP) is 4.84. The second kappa shape index (κ2) is 9.31. The lowest BCUT2D eigenvalue weighted by molar-refractivity contribution is 0.0935. The summed E-state index contributed by atoms with van der Waals surface area (Å²) < 4.78 is 40.3. The summed E-state index contributed by atoms with van der Waals surface area (Å²) in [6.07, 6.45) is 0.696. The van der Waals surface area contributed by atoms with Crippen molar-refractivity contribution in [3.05, 3.63) is 95.3 Å². The molecule has 0 aliphatic rings. The van der Waals surface area contributed by atoms with Gasteiger partial charge in [0.05, 0.1) is 16.6 Å². The lowest BCUT2D eigenvalue weighted by Gasteiger charge is -2.21. The third-order valence-electron chi connectivity index (χ3n) is 5.22.